The second-order valence-corrected chi connectivity index (χ2v) is 3.48. The Morgan fingerprint density at radius 2 is 1.60 bits per heavy atom. The summed E-state index contributed by atoms with van der Waals surface area (Å²) in [6.45, 7) is 15.9. The molecule has 1 fully saturated rings. The maximum absolute atomic E-state index is 4.41. The predicted octanol–water partition coefficient (Wildman–Crippen LogP) is 2.02. The fourth-order valence-electron chi connectivity index (χ4n) is 1.90. The van der Waals surface area contributed by atoms with E-state index >= 15 is 0 Å². The van der Waals surface area contributed by atoms with Gasteiger partial charge in [-0.1, -0.05) is 73.1 Å². The van der Waals surface area contributed by atoms with E-state index in [0.29, 0.717) is 11.5 Å². The Morgan fingerprint density at radius 3 is 1.67 bits per heavy atom. The average Bonchev–Trinajstić information content (AvgIpc) is 2.29. The van der Waals surface area contributed by atoms with E-state index in [0.717, 1.165) is 6.54 Å². The first-order valence-corrected chi connectivity index (χ1v) is 6.42. The predicted molar refractivity (Wildman–Crippen MR) is 68.0 cm³/mol. The number of hydrogen-bond donors (Lipinski definition) is 0. The van der Waals surface area contributed by atoms with Crippen molar-refractivity contribution >= 4 is 0 Å². The zero-order valence-electron chi connectivity index (χ0n) is 12.4. The summed E-state index contributed by atoms with van der Waals surface area (Å²) in [7, 11) is 0. The van der Waals surface area contributed by atoms with Crippen molar-refractivity contribution in [3.8, 4) is 0 Å². The minimum atomic E-state index is 0. The van der Waals surface area contributed by atoms with Crippen molar-refractivity contribution in [2.75, 3.05) is 6.54 Å². The van der Waals surface area contributed by atoms with Crippen molar-refractivity contribution in [3.63, 3.8) is 0 Å². The Labute approximate surface area is 147 Å². The van der Waals surface area contributed by atoms with Crippen molar-refractivity contribution in [2.45, 2.75) is 73.8 Å². The van der Waals surface area contributed by atoms with Gasteiger partial charge < -0.3 is 5.32 Å². The van der Waals surface area contributed by atoms with Gasteiger partial charge in [0.05, 0.1) is 0 Å². The summed E-state index contributed by atoms with van der Waals surface area (Å²) in [4.78, 5) is 0. The molecule has 1 heterocycles. The molecule has 0 aromatic rings. The second-order valence-electron chi connectivity index (χ2n) is 3.48. The van der Waals surface area contributed by atoms with E-state index in [1.807, 2.05) is 27.7 Å². The van der Waals surface area contributed by atoms with Crippen LogP contribution in [0.3, 0.4) is 0 Å². The molecule has 88 valence electrons. The van der Waals surface area contributed by atoms with Crippen molar-refractivity contribution in [3.05, 3.63) is 5.32 Å². The van der Waals surface area contributed by atoms with Crippen LogP contribution in [0.4, 0.5) is 0 Å². The molecule has 0 saturated carbocycles. The first-order valence-electron chi connectivity index (χ1n) is 6.42. The Morgan fingerprint density at radius 1 is 1.13 bits per heavy atom. The maximum Gasteiger partial charge on any atom is 1.00 e. The second kappa shape index (κ2) is 13.8. The third-order valence-corrected chi connectivity index (χ3v) is 3.02. The molecule has 0 aromatic heterocycles. The molecule has 15 heavy (non-hydrogen) atoms. The molecule has 0 aliphatic carbocycles. The van der Waals surface area contributed by atoms with Crippen LogP contribution < -0.4 is 58.2 Å². The minimum Gasteiger partial charge on any atom is -0.659 e. The van der Waals surface area contributed by atoms with Crippen LogP contribution in [-0.2, 0) is 0 Å². The number of nitrogens with zero attached hydrogens (tertiary/aromatic N) is 1. The van der Waals surface area contributed by atoms with Gasteiger partial charge in [0, 0.05) is 0 Å². The molecule has 0 amide bonds. The fourth-order valence-corrected chi connectivity index (χ4v) is 1.90. The molecule has 1 nitrogen and oxygen atoms in total. The monoisotopic (exact) mass is 285 g/mol. The van der Waals surface area contributed by atoms with E-state index < -0.39 is 0 Å². The smallest absolute Gasteiger partial charge is 0.659 e. The molecule has 1 aliphatic rings. The fraction of sp³-hybridized carbons (Fsp3) is 1.00. The molecule has 1 saturated heterocycles. The van der Waals surface area contributed by atoms with Crippen LogP contribution in [0.15, 0.2) is 0 Å². The molecule has 0 spiro atoms. The summed E-state index contributed by atoms with van der Waals surface area (Å²) in [5.41, 5.74) is 0.606. The van der Waals surface area contributed by atoms with Crippen molar-refractivity contribution in [1.29, 1.82) is 0 Å². The standard InChI is InChI=1S/C9H18N.2C2H6.Rb/c1-4-6-9(5-2)7-10-8(9)3;2*1-2;/h8H,4-7H2,1-3H3;2*1-2H3;/q-1;;;+1. The summed E-state index contributed by atoms with van der Waals surface area (Å²) < 4.78 is 0. The van der Waals surface area contributed by atoms with Gasteiger partial charge in [-0.25, -0.2) is 0 Å². The molecule has 2 heteroatoms. The Hall–Kier alpha value is 1.77. The number of hydrogen-bond acceptors (Lipinski definition) is 0. The normalized spacial score (nSPS) is 27.0. The van der Waals surface area contributed by atoms with Gasteiger partial charge in [0.15, 0.2) is 0 Å². The molecule has 1 rings (SSSR count). The van der Waals surface area contributed by atoms with Gasteiger partial charge in [0.25, 0.3) is 0 Å². The van der Waals surface area contributed by atoms with Gasteiger partial charge in [-0.3, -0.25) is 0 Å². The number of rotatable bonds is 3. The van der Waals surface area contributed by atoms with Gasteiger partial charge in [0.1, 0.15) is 0 Å². The molecule has 0 radical (unpaired) electrons. The first kappa shape index (κ1) is 22.0. The van der Waals surface area contributed by atoms with E-state index in [1.165, 1.54) is 19.3 Å². The van der Waals surface area contributed by atoms with Gasteiger partial charge in [-0.05, 0) is 0 Å². The summed E-state index contributed by atoms with van der Waals surface area (Å²) in [5.74, 6) is 0. The van der Waals surface area contributed by atoms with Crippen LogP contribution in [0.1, 0.15) is 67.7 Å². The van der Waals surface area contributed by atoms with Crippen molar-refractivity contribution in [1.82, 2.24) is 0 Å². The quantitative estimate of drug-likeness (QED) is 0.753. The van der Waals surface area contributed by atoms with Gasteiger partial charge in [0.2, 0.25) is 0 Å². The largest absolute Gasteiger partial charge is 1.00 e. The summed E-state index contributed by atoms with van der Waals surface area (Å²) in [5, 5.41) is 4.41. The summed E-state index contributed by atoms with van der Waals surface area (Å²) in [6, 6.07) is 0.637. The molecular weight excluding hydrogens is 256 g/mol. The van der Waals surface area contributed by atoms with E-state index in [9.17, 15) is 0 Å². The average molecular weight is 286 g/mol. The Kier molecular flexibility index (Phi) is 20.3. The SMILES string of the molecule is CC.CC.CCCC1(CC)C[N-]C1C.[Rb+]. The van der Waals surface area contributed by atoms with Gasteiger partial charge in [-0.2, -0.15) is 0 Å². The first-order chi connectivity index (χ1) is 6.75. The van der Waals surface area contributed by atoms with Crippen molar-refractivity contribution < 1.29 is 58.2 Å². The van der Waals surface area contributed by atoms with Crippen LogP contribution in [0.2, 0.25) is 0 Å². The molecule has 0 N–H and O–H groups in total. The van der Waals surface area contributed by atoms with Crippen molar-refractivity contribution in [2.24, 2.45) is 5.41 Å². The third-order valence-electron chi connectivity index (χ3n) is 3.02. The molecule has 1 aliphatic heterocycles. The van der Waals surface area contributed by atoms with Crippen LogP contribution in [0, 0.1) is 5.41 Å². The molecule has 2 unspecified atom stereocenters. The van der Waals surface area contributed by atoms with Crippen LogP contribution in [0.5, 0.6) is 0 Å². The third kappa shape index (κ3) is 6.93. The van der Waals surface area contributed by atoms with Crippen LogP contribution in [-0.4, -0.2) is 12.6 Å². The summed E-state index contributed by atoms with van der Waals surface area (Å²) in [6.07, 6.45) is 3.99. The van der Waals surface area contributed by atoms with Gasteiger partial charge in [-0.15, -0.1) is 12.6 Å². The zero-order valence-corrected chi connectivity index (χ0v) is 17.3. The van der Waals surface area contributed by atoms with E-state index in [1.54, 1.807) is 0 Å². The van der Waals surface area contributed by atoms with E-state index in [-0.39, 0.29) is 58.2 Å². The summed E-state index contributed by atoms with van der Waals surface area (Å²) >= 11 is 0. The molecule has 0 bridgehead atoms. The van der Waals surface area contributed by atoms with Crippen LogP contribution in [0.25, 0.3) is 5.32 Å². The van der Waals surface area contributed by atoms with Gasteiger partial charge >= 0.3 is 58.2 Å². The minimum absolute atomic E-state index is 0. The zero-order chi connectivity index (χ0) is 11.6. The maximum atomic E-state index is 4.41. The molecule has 2 atom stereocenters. The Bertz CT molecular complexity index is 113. The molecule has 0 aromatic carbocycles. The topological polar surface area (TPSA) is 14.1 Å². The van der Waals surface area contributed by atoms with E-state index in [4.69, 9.17) is 0 Å². The van der Waals surface area contributed by atoms with E-state index in [2.05, 4.69) is 26.1 Å². The van der Waals surface area contributed by atoms with Crippen LogP contribution >= 0.6 is 0 Å². The Balaban J connectivity index is -0.000000258. The molecular formula is C13H30NRb.